The van der Waals surface area contributed by atoms with Crippen LogP contribution in [0.15, 0.2) is 87.1 Å². The van der Waals surface area contributed by atoms with Gasteiger partial charge in [0, 0.05) is 21.0 Å². The van der Waals surface area contributed by atoms with E-state index in [1.165, 1.54) is 28.8 Å². The Morgan fingerprint density at radius 3 is 2.38 bits per heavy atom. The number of hydrogen-bond acceptors (Lipinski definition) is 6. The van der Waals surface area contributed by atoms with Crippen molar-refractivity contribution in [2.75, 3.05) is 10.2 Å². The Labute approximate surface area is 245 Å². The van der Waals surface area contributed by atoms with Crippen molar-refractivity contribution < 1.29 is 18.8 Å². The zero-order chi connectivity index (χ0) is 28.1. The number of nitrogens with zero attached hydrogens (tertiary/aromatic N) is 2. The summed E-state index contributed by atoms with van der Waals surface area (Å²) < 4.78 is 15.8. The molecule has 1 N–H and O–H groups in total. The second-order valence-electron chi connectivity index (χ2n) is 9.57. The number of rotatable bonds is 5. The number of carbonyl (C=O) groups excluding carboxylic acids is 3. The average molecular weight is 639 g/mol. The molecule has 3 heterocycles. The molecule has 40 heavy (non-hydrogen) atoms. The second kappa shape index (κ2) is 10.5. The fourth-order valence-corrected chi connectivity index (χ4v) is 8.21. The van der Waals surface area contributed by atoms with E-state index in [2.05, 4.69) is 21.2 Å². The van der Waals surface area contributed by atoms with E-state index in [1.807, 2.05) is 49.4 Å². The van der Waals surface area contributed by atoms with Gasteiger partial charge in [0.15, 0.2) is 0 Å². The number of imide groups is 1. The standard InChI is InChI=1S/C29H21BrFN3O4S2/c1-15-4-2-3-5-20(15)32-21(35)14-33-28-25(40-29(33)38)22(16-6-8-17(30)9-7-16)23-24(39-28)27(37)34(26(23)36)19-12-10-18(31)11-13-19/h2-13,22-24H,14H2,1H3,(H,32,35)/t22-,23?,24?/m1/s1. The summed E-state index contributed by atoms with van der Waals surface area (Å²) in [6.07, 6.45) is 0. The number of amides is 3. The molecule has 2 unspecified atom stereocenters. The van der Waals surface area contributed by atoms with Crippen LogP contribution in [0.1, 0.15) is 21.9 Å². The molecule has 11 heteroatoms. The number of hydrogen-bond donors (Lipinski definition) is 1. The van der Waals surface area contributed by atoms with E-state index in [0.29, 0.717) is 21.3 Å². The molecule has 0 saturated carbocycles. The van der Waals surface area contributed by atoms with Crippen molar-refractivity contribution in [3.05, 3.63) is 109 Å². The molecule has 4 aromatic rings. The van der Waals surface area contributed by atoms with Gasteiger partial charge in [-0.3, -0.25) is 23.7 Å². The molecule has 7 nitrogen and oxygen atoms in total. The van der Waals surface area contributed by atoms with Gasteiger partial charge in [0.1, 0.15) is 17.6 Å². The molecule has 6 rings (SSSR count). The summed E-state index contributed by atoms with van der Waals surface area (Å²) in [6.45, 7) is 1.64. The summed E-state index contributed by atoms with van der Waals surface area (Å²) >= 11 is 5.57. The molecular formula is C29H21BrFN3O4S2. The number of benzene rings is 3. The summed E-state index contributed by atoms with van der Waals surface area (Å²) in [6, 6.07) is 20.0. The maximum Gasteiger partial charge on any atom is 0.308 e. The predicted molar refractivity (Wildman–Crippen MR) is 156 cm³/mol. The van der Waals surface area contributed by atoms with Crippen molar-refractivity contribution in [2.24, 2.45) is 5.92 Å². The van der Waals surface area contributed by atoms with Crippen LogP contribution in [0.3, 0.4) is 0 Å². The Morgan fingerprint density at radius 2 is 1.68 bits per heavy atom. The number of anilines is 2. The Morgan fingerprint density at radius 1 is 0.975 bits per heavy atom. The minimum Gasteiger partial charge on any atom is -0.324 e. The molecule has 1 fully saturated rings. The first-order valence-corrected chi connectivity index (χ1v) is 14.9. The Bertz CT molecular complexity index is 1720. The van der Waals surface area contributed by atoms with Gasteiger partial charge < -0.3 is 5.32 Å². The van der Waals surface area contributed by atoms with Gasteiger partial charge in [0.05, 0.1) is 16.6 Å². The number of halogens is 2. The molecular weight excluding hydrogens is 617 g/mol. The summed E-state index contributed by atoms with van der Waals surface area (Å²) in [4.78, 5) is 55.3. The van der Waals surface area contributed by atoms with Gasteiger partial charge in [-0.1, -0.05) is 69.4 Å². The monoisotopic (exact) mass is 637 g/mol. The van der Waals surface area contributed by atoms with Crippen molar-refractivity contribution in [3.63, 3.8) is 0 Å². The zero-order valence-corrected chi connectivity index (χ0v) is 24.2. The lowest BCUT2D eigenvalue weighted by Crippen LogP contribution is -2.33. The summed E-state index contributed by atoms with van der Waals surface area (Å²) in [5.74, 6) is -3.04. The third-order valence-corrected chi connectivity index (χ3v) is 10.2. The van der Waals surface area contributed by atoms with Crippen LogP contribution < -0.4 is 15.1 Å². The van der Waals surface area contributed by atoms with Crippen LogP contribution in [0.4, 0.5) is 15.8 Å². The molecule has 1 aromatic heterocycles. The number of thioether (sulfide) groups is 1. The zero-order valence-electron chi connectivity index (χ0n) is 21.0. The van der Waals surface area contributed by atoms with Crippen molar-refractivity contribution in [1.29, 1.82) is 0 Å². The topological polar surface area (TPSA) is 88.5 Å². The van der Waals surface area contributed by atoms with Crippen LogP contribution >= 0.6 is 39.0 Å². The highest BCUT2D eigenvalue weighted by molar-refractivity contribution is 9.10. The van der Waals surface area contributed by atoms with Gasteiger partial charge in [0.2, 0.25) is 17.7 Å². The number of aryl methyl sites for hydroxylation is 1. The molecule has 3 aromatic carbocycles. The van der Waals surface area contributed by atoms with Crippen molar-refractivity contribution >= 4 is 68.1 Å². The number of nitrogens with one attached hydrogen (secondary N) is 1. The molecule has 3 amide bonds. The first kappa shape index (κ1) is 26.7. The Kier molecular flexibility index (Phi) is 6.97. The van der Waals surface area contributed by atoms with Crippen LogP contribution in [0.5, 0.6) is 0 Å². The predicted octanol–water partition coefficient (Wildman–Crippen LogP) is 5.55. The minimum absolute atomic E-state index is 0.236. The van der Waals surface area contributed by atoms with Gasteiger partial charge in [-0.2, -0.15) is 0 Å². The largest absolute Gasteiger partial charge is 0.324 e. The third kappa shape index (κ3) is 4.61. The van der Waals surface area contributed by atoms with E-state index in [0.717, 1.165) is 43.6 Å². The van der Waals surface area contributed by atoms with E-state index >= 15 is 0 Å². The van der Waals surface area contributed by atoms with Crippen LogP contribution in [0.2, 0.25) is 0 Å². The Balaban J connectivity index is 1.41. The van der Waals surface area contributed by atoms with E-state index in [1.54, 1.807) is 6.07 Å². The number of fused-ring (bicyclic) bond motifs is 2. The van der Waals surface area contributed by atoms with E-state index in [9.17, 15) is 23.6 Å². The summed E-state index contributed by atoms with van der Waals surface area (Å²) in [5.41, 5.74) is 2.61. The van der Waals surface area contributed by atoms with Gasteiger partial charge in [-0.25, -0.2) is 9.29 Å². The van der Waals surface area contributed by atoms with Gasteiger partial charge in [0.25, 0.3) is 0 Å². The lowest BCUT2D eigenvalue weighted by molar-refractivity contribution is -0.122. The molecule has 3 atom stereocenters. The molecule has 0 radical (unpaired) electrons. The molecule has 0 spiro atoms. The van der Waals surface area contributed by atoms with E-state index in [-0.39, 0.29) is 17.3 Å². The number of thiazole rings is 1. The fraction of sp³-hybridized carbons (Fsp3) is 0.172. The summed E-state index contributed by atoms with van der Waals surface area (Å²) in [5, 5.41) is 2.54. The lowest BCUT2D eigenvalue weighted by atomic mass is 9.83. The SMILES string of the molecule is Cc1ccccc1NC(=O)Cn1c2c(sc1=O)[C@H](c1ccc(Br)cc1)C1C(=O)N(c3ccc(F)cc3)C(=O)C1S2. The molecule has 2 aliphatic heterocycles. The third-order valence-electron chi connectivity index (χ3n) is 7.08. The maximum atomic E-state index is 13.8. The van der Waals surface area contributed by atoms with Crippen LogP contribution in [0.25, 0.3) is 0 Å². The van der Waals surface area contributed by atoms with Crippen molar-refractivity contribution in [1.82, 2.24) is 4.57 Å². The quantitative estimate of drug-likeness (QED) is 0.290. The molecule has 202 valence electrons. The lowest BCUT2D eigenvalue weighted by Gasteiger charge is -2.30. The first-order chi connectivity index (χ1) is 19.2. The smallest absolute Gasteiger partial charge is 0.308 e. The van der Waals surface area contributed by atoms with Gasteiger partial charge in [-0.05, 0) is 60.5 Å². The summed E-state index contributed by atoms with van der Waals surface area (Å²) in [7, 11) is 0. The van der Waals surface area contributed by atoms with E-state index < -0.39 is 34.7 Å². The minimum atomic E-state index is -0.821. The molecule has 0 bridgehead atoms. The molecule has 1 saturated heterocycles. The highest BCUT2D eigenvalue weighted by Crippen LogP contribution is 2.53. The average Bonchev–Trinajstić information content (AvgIpc) is 3.37. The van der Waals surface area contributed by atoms with Crippen LogP contribution in [0, 0.1) is 18.7 Å². The molecule has 0 aliphatic carbocycles. The van der Waals surface area contributed by atoms with Crippen LogP contribution in [-0.4, -0.2) is 27.5 Å². The van der Waals surface area contributed by atoms with Crippen molar-refractivity contribution in [3.8, 4) is 0 Å². The number of para-hydroxylation sites is 1. The molecule has 2 aliphatic rings. The van der Waals surface area contributed by atoms with Gasteiger partial charge in [-0.15, -0.1) is 0 Å². The second-order valence-corrected chi connectivity index (χ2v) is 12.6. The van der Waals surface area contributed by atoms with Gasteiger partial charge >= 0.3 is 4.87 Å². The fourth-order valence-electron chi connectivity index (χ4n) is 5.18. The maximum absolute atomic E-state index is 13.8. The van der Waals surface area contributed by atoms with E-state index in [4.69, 9.17) is 0 Å². The Hall–Kier alpha value is -3.54. The highest BCUT2D eigenvalue weighted by atomic mass is 79.9. The number of carbonyl (C=O) groups is 3. The normalized spacial score (nSPS) is 19.9. The van der Waals surface area contributed by atoms with Crippen molar-refractivity contribution in [2.45, 2.75) is 29.7 Å². The first-order valence-electron chi connectivity index (χ1n) is 12.4. The number of aromatic nitrogens is 1. The highest BCUT2D eigenvalue weighted by Gasteiger charge is 2.56. The van der Waals surface area contributed by atoms with Crippen LogP contribution in [-0.2, 0) is 20.9 Å².